The van der Waals surface area contributed by atoms with Gasteiger partial charge in [0.05, 0.1) is 0 Å². The van der Waals surface area contributed by atoms with E-state index >= 15 is 0 Å². The predicted molar refractivity (Wildman–Crippen MR) is 110 cm³/mol. The molecule has 1 unspecified atom stereocenters. The zero-order chi connectivity index (χ0) is 17.7. The Labute approximate surface area is 164 Å². The first-order chi connectivity index (χ1) is 10.5. The van der Waals surface area contributed by atoms with Gasteiger partial charge >= 0.3 is 6.09 Å². The molecule has 1 saturated heterocycles. The van der Waals surface area contributed by atoms with Crippen molar-refractivity contribution >= 4 is 36.0 Å². The van der Waals surface area contributed by atoms with Crippen LogP contribution in [-0.2, 0) is 4.74 Å². The molecule has 6 nitrogen and oxygen atoms in total. The number of hydrogen-bond acceptors (Lipinski definition) is 3. The Kier molecular flexibility index (Phi) is 9.38. The van der Waals surface area contributed by atoms with E-state index in [1.54, 1.807) is 0 Å². The monoisotopic (exact) mass is 454 g/mol. The third kappa shape index (κ3) is 10.2. The Balaban J connectivity index is 0.00000529. The van der Waals surface area contributed by atoms with Gasteiger partial charge in [0.15, 0.2) is 5.96 Å². The van der Waals surface area contributed by atoms with E-state index in [0.29, 0.717) is 18.4 Å². The van der Waals surface area contributed by atoms with Crippen molar-refractivity contribution in [1.29, 1.82) is 0 Å². The van der Waals surface area contributed by atoms with Gasteiger partial charge in [-0.25, -0.2) is 4.79 Å². The lowest BCUT2D eigenvalue weighted by Crippen LogP contribution is -2.45. The van der Waals surface area contributed by atoms with Crippen molar-refractivity contribution in [3.63, 3.8) is 0 Å². The van der Waals surface area contributed by atoms with Gasteiger partial charge in [-0.2, -0.15) is 0 Å². The molecule has 1 atom stereocenters. The molecule has 3 N–H and O–H groups in total. The van der Waals surface area contributed by atoms with Gasteiger partial charge in [-0.15, -0.1) is 24.0 Å². The maximum absolute atomic E-state index is 12.1. The molecule has 1 aliphatic rings. The van der Waals surface area contributed by atoms with Gasteiger partial charge in [-0.05, 0) is 66.7 Å². The third-order valence-corrected chi connectivity index (χ3v) is 3.49. The van der Waals surface area contributed by atoms with Crippen LogP contribution in [0.25, 0.3) is 0 Å². The first kappa shape index (κ1) is 23.3. The van der Waals surface area contributed by atoms with E-state index in [1.165, 1.54) is 0 Å². The molecule has 7 heteroatoms. The summed E-state index contributed by atoms with van der Waals surface area (Å²) in [6, 6.07) is 0. The van der Waals surface area contributed by atoms with Crippen molar-refractivity contribution in [3.8, 4) is 0 Å². The van der Waals surface area contributed by atoms with Crippen LogP contribution in [0.1, 0.15) is 60.8 Å². The molecule has 1 fully saturated rings. The van der Waals surface area contributed by atoms with Crippen molar-refractivity contribution in [1.82, 2.24) is 10.2 Å². The van der Waals surface area contributed by atoms with Gasteiger partial charge in [0, 0.05) is 25.2 Å². The average Bonchev–Trinajstić information content (AvgIpc) is 2.35. The van der Waals surface area contributed by atoms with Crippen LogP contribution in [0.15, 0.2) is 4.99 Å². The molecule has 0 spiro atoms. The number of nitrogens with two attached hydrogens (primary N) is 1. The standard InChI is InChI=1S/C17H34N4O2.HI/c1-16(2,3)20-14(18)19-10-9-13-8-7-11-21(12-13)15(22)23-17(4,5)6;/h13H,7-12H2,1-6H3,(H3,18,19,20);1H. The second-order valence-corrected chi connectivity index (χ2v) is 8.37. The Hall–Kier alpha value is -0.730. The van der Waals surface area contributed by atoms with E-state index in [4.69, 9.17) is 10.5 Å². The largest absolute Gasteiger partial charge is 0.444 e. The number of guanidine groups is 1. The van der Waals surface area contributed by atoms with Crippen molar-refractivity contribution in [3.05, 3.63) is 0 Å². The molecular formula is C17H35IN4O2. The highest BCUT2D eigenvalue weighted by molar-refractivity contribution is 14.0. The fraction of sp³-hybridized carbons (Fsp3) is 0.882. The van der Waals surface area contributed by atoms with E-state index in [2.05, 4.69) is 31.1 Å². The van der Waals surface area contributed by atoms with Crippen LogP contribution < -0.4 is 11.1 Å². The summed E-state index contributed by atoms with van der Waals surface area (Å²) in [5, 5.41) is 3.15. The second-order valence-electron chi connectivity index (χ2n) is 8.37. The van der Waals surface area contributed by atoms with E-state index in [1.807, 2.05) is 25.7 Å². The summed E-state index contributed by atoms with van der Waals surface area (Å²) in [7, 11) is 0. The highest BCUT2D eigenvalue weighted by atomic mass is 127. The van der Waals surface area contributed by atoms with Gasteiger partial charge < -0.3 is 20.7 Å². The number of ether oxygens (including phenoxy) is 1. The van der Waals surface area contributed by atoms with Crippen molar-refractivity contribution in [2.45, 2.75) is 71.9 Å². The van der Waals surface area contributed by atoms with Crippen LogP contribution in [0.5, 0.6) is 0 Å². The van der Waals surface area contributed by atoms with Crippen molar-refractivity contribution in [2.24, 2.45) is 16.6 Å². The molecule has 24 heavy (non-hydrogen) atoms. The summed E-state index contributed by atoms with van der Waals surface area (Å²) in [4.78, 5) is 18.3. The molecule has 1 amide bonds. The number of carbonyl (C=O) groups is 1. The minimum absolute atomic E-state index is 0. The molecule has 0 radical (unpaired) electrons. The number of likely N-dealkylation sites (tertiary alicyclic amines) is 1. The van der Waals surface area contributed by atoms with E-state index in [-0.39, 0.29) is 35.6 Å². The lowest BCUT2D eigenvalue weighted by Gasteiger charge is -2.34. The smallest absolute Gasteiger partial charge is 0.410 e. The molecule has 1 aliphatic heterocycles. The Morgan fingerprint density at radius 3 is 2.46 bits per heavy atom. The molecule has 0 aromatic carbocycles. The summed E-state index contributed by atoms with van der Waals surface area (Å²) in [6.07, 6.45) is 2.87. The highest BCUT2D eigenvalue weighted by Gasteiger charge is 2.27. The number of nitrogens with one attached hydrogen (secondary N) is 1. The topological polar surface area (TPSA) is 80.0 Å². The van der Waals surface area contributed by atoms with Crippen LogP contribution in [0, 0.1) is 5.92 Å². The van der Waals surface area contributed by atoms with Crippen LogP contribution in [0.3, 0.4) is 0 Å². The van der Waals surface area contributed by atoms with E-state index in [9.17, 15) is 4.79 Å². The molecule has 0 aromatic rings. The molecule has 0 aromatic heterocycles. The molecule has 0 aliphatic carbocycles. The molecule has 1 heterocycles. The summed E-state index contributed by atoms with van der Waals surface area (Å²) in [5.74, 6) is 0.944. The molecule has 142 valence electrons. The maximum Gasteiger partial charge on any atom is 0.410 e. The number of rotatable bonds is 3. The molecule has 0 saturated carbocycles. The second kappa shape index (κ2) is 9.68. The first-order valence-corrected chi connectivity index (χ1v) is 8.52. The first-order valence-electron chi connectivity index (χ1n) is 8.52. The van der Waals surface area contributed by atoms with Gasteiger partial charge in [-0.1, -0.05) is 0 Å². The number of carbonyl (C=O) groups excluding carboxylic acids is 1. The number of halogens is 1. The highest BCUT2D eigenvalue weighted by Crippen LogP contribution is 2.21. The summed E-state index contributed by atoms with van der Waals surface area (Å²) in [5.41, 5.74) is 5.35. The number of aliphatic imine (C=N–C) groups is 1. The average molecular weight is 454 g/mol. The van der Waals surface area contributed by atoms with Crippen LogP contribution >= 0.6 is 24.0 Å². The van der Waals surface area contributed by atoms with Crippen molar-refractivity contribution in [2.75, 3.05) is 19.6 Å². The maximum atomic E-state index is 12.1. The molecule has 1 rings (SSSR count). The van der Waals surface area contributed by atoms with E-state index < -0.39 is 5.60 Å². The SMILES string of the molecule is CC(C)(C)NC(N)=NCCC1CCCN(C(=O)OC(C)(C)C)C1.I. The van der Waals surface area contributed by atoms with Crippen molar-refractivity contribution < 1.29 is 9.53 Å². The van der Waals surface area contributed by atoms with Gasteiger partial charge in [0.1, 0.15) is 5.60 Å². The fourth-order valence-electron chi connectivity index (χ4n) is 2.58. The molecule has 0 bridgehead atoms. The summed E-state index contributed by atoms with van der Waals surface area (Å²) in [6.45, 7) is 14.0. The quantitative estimate of drug-likeness (QED) is 0.390. The minimum atomic E-state index is -0.443. The van der Waals surface area contributed by atoms with Crippen LogP contribution in [0.2, 0.25) is 0 Å². The third-order valence-electron chi connectivity index (χ3n) is 3.49. The van der Waals surface area contributed by atoms with Gasteiger partial charge in [-0.3, -0.25) is 4.99 Å². The summed E-state index contributed by atoms with van der Waals surface area (Å²) < 4.78 is 5.45. The Bertz CT molecular complexity index is 427. The fourth-order valence-corrected chi connectivity index (χ4v) is 2.58. The Morgan fingerprint density at radius 1 is 1.29 bits per heavy atom. The number of amides is 1. The zero-order valence-electron chi connectivity index (χ0n) is 16.0. The summed E-state index contributed by atoms with van der Waals surface area (Å²) >= 11 is 0. The molecular weight excluding hydrogens is 419 g/mol. The number of piperidine rings is 1. The van der Waals surface area contributed by atoms with Gasteiger partial charge in [0.2, 0.25) is 0 Å². The van der Waals surface area contributed by atoms with Crippen LogP contribution in [0.4, 0.5) is 4.79 Å². The zero-order valence-corrected chi connectivity index (χ0v) is 18.3. The normalized spacial score (nSPS) is 19.5. The lowest BCUT2D eigenvalue weighted by atomic mass is 9.95. The lowest BCUT2D eigenvalue weighted by molar-refractivity contribution is 0.0163. The van der Waals surface area contributed by atoms with Gasteiger partial charge in [0.25, 0.3) is 0 Å². The van der Waals surface area contributed by atoms with Crippen LogP contribution in [-0.4, -0.2) is 47.7 Å². The van der Waals surface area contributed by atoms with E-state index in [0.717, 1.165) is 32.4 Å². The number of hydrogen-bond donors (Lipinski definition) is 2. The predicted octanol–water partition coefficient (Wildman–Crippen LogP) is 3.34. The minimum Gasteiger partial charge on any atom is -0.444 e. The Morgan fingerprint density at radius 2 is 1.92 bits per heavy atom. The number of nitrogens with zero attached hydrogens (tertiary/aromatic N) is 2.